The van der Waals surface area contributed by atoms with E-state index in [1.54, 1.807) is 24.3 Å². The summed E-state index contributed by atoms with van der Waals surface area (Å²) in [5.74, 6) is 5.50. The van der Waals surface area contributed by atoms with E-state index < -0.39 is 23.3 Å². The zero-order valence-corrected chi connectivity index (χ0v) is 18.4. The highest BCUT2D eigenvalue weighted by molar-refractivity contribution is 5.55. The van der Waals surface area contributed by atoms with Gasteiger partial charge in [-0.25, -0.2) is 17.6 Å². The molecule has 0 bridgehead atoms. The number of benzene rings is 2. The van der Waals surface area contributed by atoms with Gasteiger partial charge in [-0.1, -0.05) is 76.0 Å². The summed E-state index contributed by atoms with van der Waals surface area (Å²) in [6, 6.07) is 5.62. The first-order chi connectivity index (χ1) is 15.5. The molecule has 32 heavy (non-hydrogen) atoms. The van der Waals surface area contributed by atoms with Crippen LogP contribution < -0.4 is 0 Å². The first-order valence-electron chi connectivity index (χ1n) is 10.8. The first kappa shape index (κ1) is 25.0. The highest BCUT2D eigenvalue weighted by Crippen LogP contribution is 2.19. The van der Waals surface area contributed by atoms with Gasteiger partial charge in [-0.2, -0.15) is 0 Å². The number of rotatable bonds is 8. The van der Waals surface area contributed by atoms with Crippen LogP contribution in [0.2, 0.25) is 0 Å². The number of hydrogen-bond donors (Lipinski definition) is 0. The fraction of sp³-hybridized carbons (Fsp3) is 0.286. The molecule has 0 spiro atoms. The highest BCUT2D eigenvalue weighted by atomic mass is 19.2. The van der Waals surface area contributed by atoms with Crippen LogP contribution in [0.3, 0.4) is 0 Å². The van der Waals surface area contributed by atoms with E-state index in [9.17, 15) is 17.6 Å². The molecule has 0 atom stereocenters. The zero-order valence-electron chi connectivity index (χ0n) is 18.4. The molecule has 0 aromatic heterocycles. The Morgan fingerprint density at radius 1 is 0.625 bits per heavy atom. The summed E-state index contributed by atoms with van der Waals surface area (Å²) in [6.07, 6.45) is 12.3. The van der Waals surface area contributed by atoms with Crippen LogP contribution in [-0.4, -0.2) is 0 Å². The van der Waals surface area contributed by atoms with Crippen molar-refractivity contribution >= 4 is 12.2 Å². The third kappa shape index (κ3) is 7.17. The molecule has 0 nitrogen and oxygen atoms in total. The van der Waals surface area contributed by atoms with Crippen LogP contribution in [0.4, 0.5) is 17.6 Å². The summed E-state index contributed by atoms with van der Waals surface area (Å²) in [7, 11) is 0. The van der Waals surface area contributed by atoms with Gasteiger partial charge in [0, 0.05) is 11.1 Å². The molecule has 4 heteroatoms. The molecule has 0 unspecified atom stereocenters. The number of allylic oxidation sites excluding steroid dienone is 2. The van der Waals surface area contributed by atoms with E-state index in [-0.39, 0.29) is 22.3 Å². The third-order valence-electron chi connectivity index (χ3n) is 4.72. The maximum absolute atomic E-state index is 14.2. The molecule has 2 aromatic carbocycles. The van der Waals surface area contributed by atoms with Crippen LogP contribution >= 0.6 is 0 Å². The largest absolute Gasteiger partial charge is 0.203 e. The summed E-state index contributed by atoms with van der Waals surface area (Å²) < 4.78 is 56.8. The van der Waals surface area contributed by atoms with Crippen molar-refractivity contribution in [2.24, 2.45) is 0 Å². The van der Waals surface area contributed by atoms with Crippen molar-refractivity contribution in [3.63, 3.8) is 0 Å². The molecule has 0 saturated carbocycles. The summed E-state index contributed by atoms with van der Waals surface area (Å²) >= 11 is 0. The molecule has 0 heterocycles. The normalized spacial score (nSPS) is 10.8. The second-order valence-corrected chi connectivity index (χ2v) is 7.25. The van der Waals surface area contributed by atoms with Gasteiger partial charge in [-0.15, -0.1) is 0 Å². The smallest absolute Gasteiger partial charge is 0.175 e. The SMILES string of the molecule is CCCC/C=C/c1ccc(C#CC#Cc2ccc(/C=C/CCCC)c(F)c2F)c(F)c1F. The van der Waals surface area contributed by atoms with Gasteiger partial charge in [0.05, 0.1) is 11.1 Å². The number of hydrogen-bond acceptors (Lipinski definition) is 0. The van der Waals surface area contributed by atoms with Gasteiger partial charge in [0.25, 0.3) is 0 Å². The second kappa shape index (κ2) is 13.2. The Balaban J connectivity index is 2.15. The number of unbranched alkanes of at least 4 members (excludes halogenated alkanes) is 4. The summed E-state index contributed by atoms with van der Waals surface area (Å²) in [5.41, 5.74) is -0.00307. The second-order valence-electron chi connectivity index (χ2n) is 7.25. The van der Waals surface area contributed by atoms with Crippen molar-refractivity contribution < 1.29 is 17.6 Å². The first-order valence-corrected chi connectivity index (χ1v) is 10.8. The van der Waals surface area contributed by atoms with Crippen LogP contribution in [0, 0.1) is 47.0 Å². The Morgan fingerprint density at radius 2 is 1.03 bits per heavy atom. The van der Waals surface area contributed by atoms with Gasteiger partial charge in [0.1, 0.15) is 0 Å². The molecule has 0 saturated heterocycles. The minimum atomic E-state index is -1.06. The Morgan fingerprint density at radius 3 is 1.41 bits per heavy atom. The van der Waals surface area contributed by atoms with Crippen LogP contribution in [0.1, 0.15) is 74.6 Å². The van der Waals surface area contributed by atoms with E-state index >= 15 is 0 Å². The molecular formula is C28H26F4. The lowest BCUT2D eigenvalue weighted by Crippen LogP contribution is -1.93. The Labute approximate surface area is 188 Å². The summed E-state index contributed by atoms with van der Waals surface area (Å²) in [5, 5.41) is 0. The molecule has 0 fully saturated rings. The fourth-order valence-electron chi connectivity index (χ4n) is 2.84. The maximum atomic E-state index is 14.2. The van der Waals surface area contributed by atoms with E-state index in [0.29, 0.717) is 0 Å². The molecule has 0 radical (unpaired) electrons. The summed E-state index contributed by atoms with van der Waals surface area (Å²) in [6.45, 7) is 4.11. The molecule has 2 aromatic rings. The predicted octanol–water partition coefficient (Wildman–Crippen LogP) is 8.05. The van der Waals surface area contributed by atoms with Crippen LogP contribution in [0.25, 0.3) is 12.2 Å². The molecular weight excluding hydrogens is 412 g/mol. The van der Waals surface area contributed by atoms with Gasteiger partial charge >= 0.3 is 0 Å². The standard InChI is InChI=1S/C28H26F4/c1-3-5-7-9-13-21-17-19-23(27(31)25(21)29)15-11-12-16-24-20-18-22(26(30)28(24)32)14-10-8-6-4-2/h9-10,13-14,17-20H,3-8H2,1-2H3/b13-9+,14-10+. The Hall–Kier alpha value is -3.24. The van der Waals surface area contributed by atoms with E-state index in [1.807, 2.05) is 0 Å². The molecule has 0 aliphatic carbocycles. The lowest BCUT2D eigenvalue weighted by molar-refractivity contribution is 0.505. The highest BCUT2D eigenvalue weighted by Gasteiger charge is 2.11. The van der Waals surface area contributed by atoms with Crippen molar-refractivity contribution in [3.05, 3.63) is 81.9 Å². The van der Waals surface area contributed by atoms with Crippen molar-refractivity contribution in [3.8, 4) is 23.7 Å². The molecule has 0 aliphatic heterocycles. The molecule has 2 rings (SSSR count). The van der Waals surface area contributed by atoms with Gasteiger partial charge in [0.15, 0.2) is 23.3 Å². The van der Waals surface area contributed by atoms with Gasteiger partial charge in [-0.05, 0) is 48.7 Å². The Kier molecular flexibility index (Phi) is 10.3. The monoisotopic (exact) mass is 438 g/mol. The third-order valence-corrected chi connectivity index (χ3v) is 4.72. The lowest BCUT2D eigenvalue weighted by atomic mass is 10.1. The molecule has 0 aliphatic rings. The zero-order chi connectivity index (χ0) is 23.3. The van der Waals surface area contributed by atoms with E-state index in [4.69, 9.17) is 0 Å². The van der Waals surface area contributed by atoms with Gasteiger partial charge in [-0.3, -0.25) is 0 Å². The minimum absolute atomic E-state index is 0.150. The molecule has 0 amide bonds. The van der Waals surface area contributed by atoms with E-state index in [0.717, 1.165) is 38.5 Å². The minimum Gasteiger partial charge on any atom is -0.203 e. The Bertz CT molecular complexity index is 1010. The predicted molar refractivity (Wildman–Crippen MR) is 124 cm³/mol. The maximum Gasteiger partial charge on any atom is 0.175 e. The average Bonchev–Trinajstić information content (AvgIpc) is 2.79. The quantitative estimate of drug-likeness (QED) is 0.222. The lowest BCUT2D eigenvalue weighted by Gasteiger charge is -2.01. The molecule has 166 valence electrons. The van der Waals surface area contributed by atoms with Gasteiger partial charge < -0.3 is 0 Å². The van der Waals surface area contributed by atoms with Crippen molar-refractivity contribution in [1.82, 2.24) is 0 Å². The van der Waals surface area contributed by atoms with E-state index in [2.05, 4.69) is 37.5 Å². The van der Waals surface area contributed by atoms with E-state index in [1.165, 1.54) is 24.3 Å². The van der Waals surface area contributed by atoms with Crippen molar-refractivity contribution in [1.29, 1.82) is 0 Å². The van der Waals surface area contributed by atoms with Crippen LogP contribution in [0.15, 0.2) is 36.4 Å². The molecule has 0 N–H and O–H groups in total. The summed E-state index contributed by atoms with van der Waals surface area (Å²) in [4.78, 5) is 0. The van der Waals surface area contributed by atoms with Crippen molar-refractivity contribution in [2.75, 3.05) is 0 Å². The van der Waals surface area contributed by atoms with Crippen LogP contribution in [-0.2, 0) is 0 Å². The van der Waals surface area contributed by atoms with Crippen LogP contribution in [0.5, 0.6) is 0 Å². The van der Waals surface area contributed by atoms with Gasteiger partial charge in [0.2, 0.25) is 0 Å². The number of halogens is 4. The fourth-order valence-corrected chi connectivity index (χ4v) is 2.84. The topological polar surface area (TPSA) is 0 Å². The average molecular weight is 439 g/mol. The van der Waals surface area contributed by atoms with Crippen molar-refractivity contribution in [2.45, 2.75) is 52.4 Å².